The standard InChI is InChI=1S/C21H16F6N2O3S/c1-9-17(5-4-13(22)19(9)24)32-18-7-12(21(25,26)27)14(23)6-11(18)15-8-16(30)20(10(2)29-15)33(3,28)31/h4-8,28H,1-3H3,(H,29,30). The van der Waals surface area contributed by atoms with Crippen LogP contribution in [0, 0.1) is 36.1 Å². The number of ether oxygens (including phenoxy) is 1. The summed E-state index contributed by atoms with van der Waals surface area (Å²) in [5, 5.41) is 0. The van der Waals surface area contributed by atoms with Crippen LogP contribution >= 0.6 is 0 Å². The van der Waals surface area contributed by atoms with E-state index in [9.17, 15) is 35.3 Å². The summed E-state index contributed by atoms with van der Waals surface area (Å²) in [6.07, 6.45) is -4.08. The molecule has 3 aromatic rings. The van der Waals surface area contributed by atoms with Gasteiger partial charge in [0.2, 0.25) is 0 Å². The third-order valence-electron chi connectivity index (χ3n) is 4.73. The molecule has 0 spiro atoms. The van der Waals surface area contributed by atoms with Crippen molar-refractivity contribution in [2.75, 3.05) is 6.26 Å². The van der Waals surface area contributed by atoms with Gasteiger partial charge in [0, 0.05) is 29.1 Å². The van der Waals surface area contributed by atoms with Crippen LogP contribution in [0.4, 0.5) is 26.3 Å². The lowest BCUT2D eigenvalue weighted by Gasteiger charge is -2.17. The van der Waals surface area contributed by atoms with Crippen LogP contribution in [0.1, 0.15) is 16.8 Å². The molecular formula is C21H16F6N2O3S. The highest BCUT2D eigenvalue weighted by molar-refractivity contribution is 7.91. The second-order valence-corrected chi connectivity index (χ2v) is 9.35. The van der Waals surface area contributed by atoms with Crippen molar-refractivity contribution >= 4 is 9.73 Å². The Labute approximate surface area is 184 Å². The predicted octanol–water partition coefficient (Wildman–Crippen LogP) is 5.92. The molecule has 0 saturated heterocycles. The predicted molar refractivity (Wildman–Crippen MR) is 108 cm³/mol. The molecule has 1 aromatic heterocycles. The number of alkyl halides is 3. The molecule has 0 aliphatic heterocycles. The lowest BCUT2D eigenvalue weighted by atomic mass is 10.0. The largest absolute Gasteiger partial charge is 0.456 e. The van der Waals surface area contributed by atoms with Crippen LogP contribution in [-0.2, 0) is 15.9 Å². The molecule has 0 saturated carbocycles. The molecule has 0 bridgehead atoms. The van der Waals surface area contributed by atoms with E-state index in [2.05, 4.69) is 4.98 Å². The van der Waals surface area contributed by atoms with E-state index in [1.165, 1.54) is 6.92 Å². The van der Waals surface area contributed by atoms with Crippen LogP contribution in [-0.4, -0.2) is 15.4 Å². The van der Waals surface area contributed by atoms with Crippen molar-refractivity contribution < 1.29 is 35.3 Å². The van der Waals surface area contributed by atoms with E-state index in [1.54, 1.807) is 0 Å². The van der Waals surface area contributed by atoms with Gasteiger partial charge < -0.3 is 9.72 Å². The minimum atomic E-state index is -5.10. The maximum Gasteiger partial charge on any atom is 0.419 e. The molecule has 0 fully saturated rings. The molecular weight excluding hydrogens is 474 g/mol. The molecule has 33 heavy (non-hydrogen) atoms. The first-order valence-electron chi connectivity index (χ1n) is 9.12. The van der Waals surface area contributed by atoms with Gasteiger partial charge in [0.1, 0.15) is 22.2 Å². The van der Waals surface area contributed by atoms with Crippen molar-refractivity contribution in [1.29, 1.82) is 4.78 Å². The first-order valence-corrected chi connectivity index (χ1v) is 11.1. The quantitative estimate of drug-likeness (QED) is 0.445. The van der Waals surface area contributed by atoms with Gasteiger partial charge in [0.15, 0.2) is 17.1 Å². The summed E-state index contributed by atoms with van der Waals surface area (Å²) in [7, 11) is -3.45. The molecule has 2 N–H and O–H groups in total. The van der Waals surface area contributed by atoms with E-state index in [4.69, 9.17) is 9.52 Å². The first-order chi connectivity index (χ1) is 15.1. The van der Waals surface area contributed by atoms with Gasteiger partial charge in [0.05, 0.1) is 21.0 Å². The number of hydrogen-bond acceptors (Lipinski definition) is 4. The van der Waals surface area contributed by atoms with Gasteiger partial charge >= 0.3 is 6.18 Å². The van der Waals surface area contributed by atoms with E-state index < -0.39 is 50.1 Å². The molecule has 176 valence electrons. The van der Waals surface area contributed by atoms with Gasteiger partial charge in [-0.2, -0.15) is 13.2 Å². The van der Waals surface area contributed by atoms with Gasteiger partial charge in [-0.25, -0.2) is 22.2 Å². The minimum Gasteiger partial charge on any atom is -0.456 e. The Kier molecular flexibility index (Phi) is 6.09. The molecule has 2 aromatic carbocycles. The third kappa shape index (κ3) is 4.75. The minimum absolute atomic E-state index is 0.0183. The Morgan fingerprint density at radius 3 is 2.18 bits per heavy atom. The van der Waals surface area contributed by atoms with E-state index in [0.29, 0.717) is 18.2 Å². The zero-order chi connectivity index (χ0) is 24.9. The Morgan fingerprint density at radius 1 is 1.00 bits per heavy atom. The number of nitrogens with one attached hydrogen (secondary N) is 2. The molecule has 0 aliphatic rings. The topological polar surface area (TPSA) is 83.0 Å². The average Bonchev–Trinajstić information content (AvgIpc) is 2.66. The number of rotatable bonds is 4. The van der Waals surface area contributed by atoms with E-state index in [1.807, 2.05) is 0 Å². The number of aryl methyl sites for hydroxylation is 1. The van der Waals surface area contributed by atoms with E-state index in [-0.39, 0.29) is 33.2 Å². The normalized spacial score (nSPS) is 13.6. The zero-order valence-electron chi connectivity index (χ0n) is 17.3. The van der Waals surface area contributed by atoms with Gasteiger partial charge in [-0.15, -0.1) is 0 Å². The van der Waals surface area contributed by atoms with E-state index >= 15 is 0 Å². The molecule has 0 amide bonds. The summed E-state index contributed by atoms with van der Waals surface area (Å²) < 4.78 is 107. The first kappa shape index (κ1) is 24.4. The molecule has 12 heteroatoms. The highest BCUT2D eigenvalue weighted by Crippen LogP contribution is 2.41. The van der Waals surface area contributed by atoms with Crippen molar-refractivity contribution in [1.82, 2.24) is 4.98 Å². The smallest absolute Gasteiger partial charge is 0.419 e. The summed E-state index contributed by atoms with van der Waals surface area (Å²) in [4.78, 5) is 14.7. The maximum absolute atomic E-state index is 14.4. The van der Waals surface area contributed by atoms with Crippen molar-refractivity contribution in [3.8, 4) is 22.8 Å². The van der Waals surface area contributed by atoms with Crippen LogP contribution in [0.5, 0.6) is 11.5 Å². The lowest BCUT2D eigenvalue weighted by Crippen LogP contribution is -2.16. The SMILES string of the molecule is Cc1[nH]c(-c2cc(F)c(C(F)(F)F)cc2Oc2ccc(F)c(F)c2C)cc(=O)c1S(C)(=N)=O. The van der Waals surface area contributed by atoms with Crippen LogP contribution in [0.3, 0.4) is 0 Å². The van der Waals surface area contributed by atoms with Crippen LogP contribution < -0.4 is 10.2 Å². The Bertz CT molecular complexity index is 1430. The second-order valence-electron chi connectivity index (χ2n) is 7.26. The van der Waals surface area contributed by atoms with Crippen LogP contribution in [0.15, 0.2) is 40.0 Å². The molecule has 1 unspecified atom stereocenters. The second kappa shape index (κ2) is 8.25. The van der Waals surface area contributed by atoms with Crippen LogP contribution in [0.2, 0.25) is 0 Å². The van der Waals surface area contributed by atoms with Crippen molar-refractivity contribution in [2.45, 2.75) is 24.9 Å². The number of halogens is 6. The van der Waals surface area contributed by atoms with E-state index in [0.717, 1.165) is 25.3 Å². The molecule has 3 rings (SSSR count). The fraction of sp³-hybridized carbons (Fsp3) is 0.190. The average molecular weight is 490 g/mol. The zero-order valence-corrected chi connectivity index (χ0v) is 18.1. The summed E-state index contributed by atoms with van der Waals surface area (Å²) in [5.74, 6) is -5.11. The van der Waals surface area contributed by atoms with Crippen molar-refractivity contribution in [3.63, 3.8) is 0 Å². The number of aromatic amines is 1. The summed E-state index contributed by atoms with van der Waals surface area (Å²) in [6, 6.07) is 3.34. The summed E-state index contributed by atoms with van der Waals surface area (Å²) in [6.45, 7) is 2.45. The van der Waals surface area contributed by atoms with Gasteiger partial charge in [-0.3, -0.25) is 4.79 Å². The highest BCUT2D eigenvalue weighted by Gasteiger charge is 2.36. The fourth-order valence-corrected chi connectivity index (χ4v) is 4.31. The number of hydrogen-bond donors (Lipinski definition) is 2. The molecule has 5 nitrogen and oxygen atoms in total. The van der Waals surface area contributed by atoms with Gasteiger partial charge in [0.25, 0.3) is 0 Å². The molecule has 0 aliphatic carbocycles. The Morgan fingerprint density at radius 2 is 1.64 bits per heavy atom. The molecule has 1 atom stereocenters. The maximum atomic E-state index is 14.4. The number of H-pyrrole nitrogens is 1. The Balaban J connectivity index is 2.30. The monoisotopic (exact) mass is 490 g/mol. The number of pyridine rings is 1. The molecule has 1 heterocycles. The van der Waals surface area contributed by atoms with Crippen molar-refractivity contribution in [3.05, 3.63) is 74.8 Å². The fourth-order valence-electron chi connectivity index (χ4n) is 3.23. The number of benzene rings is 2. The number of aromatic nitrogens is 1. The third-order valence-corrected chi connectivity index (χ3v) is 6.01. The highest BCUT2D eigenvalue weighted by atomic mass is 32.2. The lowest BCUT2D eigenvalue weighted by molar-refractivity contribution is -0.140. The van der Waals surface area contributed by atoms with Crippen LogP contribution in [0.25, 0.3) is 11.3 Å². The summed E-state index contributed by atoms with van der Waals surface area (Å²) >= 11 is 0. The summed E-state index contributed by atoms with van der Waals surface area (Å²) in [5.41, 5.74) is -3.45. The van der Waals surface area contributed by atoms with Gasteiger partial charge in [-0.1, -0.05) is 0 Å². The van der Waals surface area contributed by atoms with Gasteiger partial charge in [-0.05, 0) is 38.1 Å². The molecule has 0 radical (unpaired) electrons. The van der Waals surface area contributed by atoms with Crippen molar-refractivity contribution in [2.24, 2.45) is 0 Å². The Hall–Kier alpha value is -3.28.